The fourth-order valence-corrected chi connectivity index (χ4v) is 3.82. The lowest BCUT2D eigenvalue weighted by atomic mass is 9.78. The highest BCUT2D eigenvalue weighted by molar-refractivity contribution is 4.87. The molecule has 0 amide bonds. The minimum atomic E-state index is 0.284. The fourth-order valence-electron chi connectivity index (χ4n) is 3.82. The molecular formula is C15H31N3O. The van der Waals surface area contributed by atoms with Crippen LogP contribution in [0.15, 0.2) is 0 Å². The van der Waals surface area contributed by atoms with Gasteiger partial charge in [-0.05, 0) is 50.7 Å². The Morgan fingerprint density at radius 1 is 1.16 bits per heavy atom. The van der Waals surface area contributed by atoms with E-state index in [1.807, 2.05) is 0 Å². The number of aliphatic hydroxyl groups excluding tert-OH is 1. The molecule has 3 unspecified atom stereocenters. The molecule has 1 saturated heterocycles. The van der Waals surface area contributed by atoms with Crippen molar-refractivity contribution in [3.8, 4) is 0 Å². The average Bonchev–Trinajstić information content (AvgIpc) is 2.65. The predicted octanol–water partition coefficient (Wildman–Crippen LogP) is 0.750. The summed E-state index contributed by atoms with van der Waals surface area (Å²) in [5, 5.41) is 9.07. The van der Waals surface area contributed by atoms with Crippen LogP contribution in [-0.4, -0.2) is 66.8 Å². The van der Waals surface area contributed by atoms with E-state index in [0.717, 1.165) is 38.6 Å². The van der Waals surface area contributed by atoms with Gasteiger partial charge in [0.1, 0.15) is 0 Å². The highest BCUT2D eigenvalue weighted by Gasteiger charge is 2.32. The molecule has 0 spiro atoms. The van der Waals surface area contributed by atoms with Crippen molar-refractivity contribution >= 4 is 0 Å². The molecule has 0 bridgehead atoms. The van der Waals surface area contributed by atoms with E-state index in [9.17, 15) is 0 Å². The highest BCUT2D eigenvalue weighted by atomic mass is 16.3. The first-order valence-electron chi connectivity index (χ1n) is 8.02. The van der Waals surface area contributed by atoms with Crippen LogP contribution in [0.1, 0.15) is 32.6 Å². The van der Waals surface area contributed by atoms with Gasteiger partial charge >= 0.3 is 0 Å². The normalized spacial score (nSPS) is 35.2. The fraction of sp³-hybridized carbons (Fsp3) is 1.00. The maximum atomic E-state index is 9.07. The van der Waals surface area contributed by atoms with Crippen LogP contribution in [0.25, 0.3) is 0 Å². The molecule has 1 aliphatic heterocycles. The van der Waals surface area contributed by atoms with Gasteiger partial charge in [-0.1, -0.05) is 13.3 Å². The minimum Gasteiger partial charge on any atom is -0.395 e. The Morgan fingerprint density at radius 3 is 2.74 bits per heavy atom. The first-order chi connectivity index (χ1) is 9.24. The van der Waals surface area contributed by atoms with Crippen molar-refractivity contribution in [2.45, 2.75) is 38.6 Å². The van der Waals surface area contributed by atoms with Crippen LogP contribution in [0.4, 0.5) is 0 Å². The van der Waals surface area contributed by atoms with Crippen molar-refractivity contribution in [2.75, 3.05) is 45.9 Å². The van der Waals surface area contributed by atoms with Gasteiger partial charge in [-0.25, -0.2) is 0 Å². The molecular weight excluding hydrogens is 238 g/mol. The zero-order valence-electron chi connectivity index (χ0n) is 12.4. The third kappa shape index (κ3) is 4.15. The molecule has 4 heteroatoms. The second-order valence-electron chi connectivity index (χ2n) is 6.44. The van der Waals surface area contributed by atoms with E-state index in [2.05, 4.69) is 16.7 Å². The number of hydrogen-bond acceptors (Lipinski definition) is 4. The van der Waals surface area contributed by atoms with Crippen LogP contribution < -0.4 is 5.73 Å². The number of hydrogen-bond donors (Lipinski definition) is 2. The number of rotatable bonds is 4. The third-order valence-electron chi connectivity index (χ3n) is 5.03. The molecule has 0 radical (unpaired) electrons. The van der Waals surface area contributed by atoms with Crippen LogP contribution in [-0.2, 0) is 0 Å². The molecule has 19 heavy (non-hydrogen) atoms. The SMILES string of the molecule is CC1CCC(CN)C(N2CCCN(CCO)CC2)C1. The Labute approximate surface area is 117 Å². The van der Waals surface area contributed by atoms with Crippen LogP contribution in [0.5, 0.6) is 0 Å². The zero-order chi connectivity index (χ0) is 13.7. The van der Waals surface area contributed by atoms with Crippen LogP contribution in [0, 0.1) is 11.8 Å². The first-order valence-corrected chi connectivity index (χ1v) is 8.02. The van der Waals surface area contributed by atoms with Gasteiger partial charge in [-0.2, -0.15) is 0 Å². The topological polar surface area (TPSA) is 52.7 Å². The van der Waals surface area contributed by atoms with Gasteiger partial charge in [0.05, 0.1) is 6.61 Å². The Morgan fingerprint density at radius 2 is 2.00 bits per heavy atom. The molecule has 2 rings (SSSR count). The van der Waals surface area contributed by atoms with Crippen molar-refractivity contribution in [1.82, 2.24) is 9.80 Å². The number of aliphatic hydroxyl groups is 1. The van der Waals surface area contributed by atoms with Gasteiger partial charge in [0, 0.05) is 25.7 Å². The van der Waals surface area contributed by atoms with Gasteiger partial charge in [0.2, 0.25) is 0 Å². The van der Waals surface area contributed by atoms with E-state index >= 15 is 0 Å². The van der Waals surface area contributed by atoms with Gasteiger partial charge in [0.15, 0.2) is 0 Å². The summed E-state index contributed by atoms with van der Waals surface area (Å²) in [7, 11) is 0. The van der Waals surface area contributed by atoms with Gasteiger partial charge in [0.25, 0.3) is 0 Å². The summed E-state index contributed by atoms with van der Waals surface area (Å²) in [6.07, 6.45) is 5.20. The molecule has 1 saturated carbocycles. The number of β-amino-alcohol motifs (C(OH)–C–C–N with tert-alkyl or cyclic N) is 1. The quantitative estimate of drug-likeness (QED) is 0.791. The predicted molar refractivity (Wildman–Crippen MR) is 79.1 cm³/mol. The molecule has 112 valence electrons. The van der Waals surface area contributed by atoms with E-state index < -0.39 is 0 Å². The van der Waals surface area contributed by atoms with Crippen molar-refractivity contribution in [3.05, 3.63) is 0 Å². The molecule has 2 aliphatic rings. The van der Waals surface area contributed by atoms with E-state index in [4.69, 9.17) is 10.8 Å². The highest BCUT2D eigenvalue weighted by Crippen LogP contribution is 2.32. The van der Waals surface area contributed by atoms with Gasteiger partial charge < -0.3 is 10.8 Å². The largest absolute Gasteiger partial charge is 0.395 e. The van der Waals surface area contributed by atoms with Crippen LogP contribution in [0.2, 0.25) is 0 Å². The molecule has 0 aromatic heterocycles. The Bertz CT molecular complexity index is 262. The number of nitrogens with two attached hydrogens (primary N) is 1. The molecule has 3 N–H and O–H groups in total. The lowest BCUT2D eigenvalue weighted by molar-refractivity contribution is 0.0879. The monoisotopic (exact) mass is 269 g/mol. The second-order valence-corrected chi connectivity index (χ2v) is 6.44. The van der Waals surface area contributed by atoms with Crippen molar-refractivity contribution < 1.29 is 5.11 Å². The van der Waals surface area contributed by atoms with E-state index in [1.165, 1.54) is 32.2 Å². The summed E-state index contributed by atoms with van der Waals surface area (Å²) in [4.78, 5) is 5.08. The summed E-state index contributed by atoms with van der Waals surface area (Å²) >= 11 is 0. The van der Waals surface area contributed by atoms with Gasteiger partial charge in [-0.3, -0.25) is 9.80 Å². The zero-order valence-corrected chi connectivity index (χ0v) is 12.4. The van der Waals surface area contributed by atoms with Crippen LogP contribution in [0.3, 0.4) is 0 Å². The maximum Gasteiger partial charge on any atom is 0.0558 e. The summed E-state index contributed by atoms with van der Waals surface area (Å²) in [6.45, 7) is 8.92. The molecule has 3 atom stereocenters. The van der Waals surface area contributed by atoms with Crippen molar-refractivity contribution in [3.63, 3.8) is 0 Å². The third-order valence-corrected chi connectivity index (χ3v) is 5.03. The van der Waals surface area contributed by atoms with Crippen molar-refractivity contribution in [1.29, 1.82) is 0 Å². The van der Waals surface area contributed by atoms with E-state index in [0.29, 0.717) is 12.0 Å². The smallest absolute Gasteiger partial charge is 0.0558 e. The Hall–Kier alpha value is -0.160. The summed E-state index contributed by atoms with van der Waals surface area (Å²) in [5.41, 5.74) is 5.99. The van der Waals surface area contributed by atoms with Crippen molar-refractivity contribution in [2.24, 2.45) is 17.6 Å². The Balaban J connectivity index is 1.91. The standard InChI is InChI=1S/C15H31N3O/c1-13-3-4-14(12-16)15(11-13)18-6-2-5-17(7-8-18)9-10-19/h13-15,19H,2-12,16H2,1H3. The van der Waals surface area contributed by atoms with E-state index in [1.54, 1.807) is 0 Å². The molecule has 0 aromatic carbocycles. The van der Waals surface area contributed by atoms with Crippen LogP contribution >= 0.6 is 0 Å². The Kier molecular flexibility index (Phi) is 6.07. The molecule has 2 fully saturated rings. The molecule has 1 heterocycles. The summed E-state index contributed by atoms with van der Waals surface area (Å²) < 4.78 is 0. The minimum absolute atomic E-state index is 0.284. The molecule has 1 aliphatic carbocycles. The molecule has 0 aromatic rings. The average molecular weight is 269 g/mol. The lowest BCUT2D eigenvalue weighted by Crippen LogP contribution is -2.48. The summed E-state index contributed by atoms with van der Waals surface area (Å²) in [5.74, 6) is 1.55. The first kappa shape index (κ1) is 15.2. The summed E-state index contributed by atoms with van der Waals surface area (Å²) in [6, 6.07) is 0.697. The second kappa shape index (κ2) is 7.58. The van der Waals surface area contributed by atoms with E-state index in [-0.39, 0.29) is 6.61 Å². The molecule has 4 nitrogen and oxygen atoms in total. The maximum absolute atomic E-state index is 9.07. The lowest BCUT2D eigenvalue weighted by Gasteiger charge is -2.41. The number of nitrogens with zero attached hydrogens (tertiary/aromatic N) is 2. The van der Waals surface area contributed by atoms with Gasteiger partial charge in [-0.15, -0.1) is 0 Å².